The number of quaternary nitrogens is 1. The number of unbranched alkanes of at least 4 members (excludes halogenated alkanes) is 43. The van der Waals surface area contributed by atoms with Crippen LogP contribution in [0.15, 0.2) is 97.2 Å². The minimum atomic E-state index is -4.37. The molecule has 89 heavy (non-hydrogen) atoms. The lowest BCUT2D eigenvalue weighted by Gasteiger charge is -2.25. The molecule has 0 rings (SSSR count). The predicted octanol–water partition coefficient (Wildman–Crippen LogP) is 24.8. The minimum absolute atomic E-state index is 0.0551. The van der Waals surface area contributed by atoms with Gasteiger partial charge in [-0.2, -0.15) is 0 Å². The first-order valence-electron chi connectivity index (χ1n) is 38.1. The number of allylic oxidation sites excluding steroid dienone is 15. The maximum absolute atomic E-state index is 13.1. The Hall–Kier alpha value is -2.58. The van der Waals surface area contributed by atoms with Crippen molar-refractivity contribution in [3.8, 4) is 0 Å². The summed E-state index contributed by atoms with van der Waals surface area (Å²) in [6.07, 6.45) is 102. The van der Waals surface area contributed by atoms with E-state index < -0.39 is 20.0 Å². The number of nitrogens with one attached hydrogen (secondary N) is 1. The fourth-order valence-electron chi connectivity index (χ4n) is 11.2. The molecule has 0 spiro atoms. The van der Waals surface area contributed by atoms with Crippen LogP contribution >= 0.6 is 7.82 Å². The maximum Gasteiger partial charge on any atom is 0.472 e. The second kappa shape index (κ2) is 69.8. The highest BCUT2D eigenvalue weighted by molar-refractivity contribution is 7.47. The number of carbonyl (C=O) groups is 1. The summed E-state index contributed by atoms with van der Waals surface area (Å²) in [6.45, 7) is 4.72. The van der Waals surface area contributed by atoms with Gasteiger partial charge in [-0.25, -0.2) is 4.57 Å². The zero-order valence-electron chi connectivity index (χ0n) is 59.4. The Bertz CT molecular complexity index is 1780. The van der Waals surface area contributed by atoms with Crippen LogP contribution in [0.1, 0.15) is 354 Å². The van der Waals surface area contributed by atoms with Crippen LogP contribution < -0.4 is 5.32 Å². The molecule has 0 saturated heterocycles. The molecule has 0 saturated carbocycles. The van der Waals surface area contributed by atoms with E-state index in [1.165, 1.54) is 257 Å². The van der Waals surface area contributed by atoms with Crippen molar-refractivity contribution in [3.63, 3.8) is 0 Å². The molecule has 3 atom stereocenters. The summed E-state index contributed by atoms with van der Waals surface area (Å²) in [5.74, 6) is -0.183. The number of phosphoric ester groups is 1. The third-order valence-corrected chi connectivity index (χ3v) is 18.0. The van der Waals surface area contributed by atoms with E-state index in [0.29, 0.717) is 17.4 Å². The topological polar surface area (TPSA) is 105 Å². The summed E-state index contributed by atoms with van der Waals surface area (Å²) in [7, 11) is 1.56. The maximum atomic E-state index is 13.1. The highest BCUT2D eigenvalue weighted by Crippen LogP contribution is 2.43. The monoisotopic (exact) mass is 1260 g/mol. The van der Waals surface area contributed by atoms with Crippen LogP contribution in [0.25, 0.3) is 0 Å². The highest BCUT2D eigenvalue weighted by atomic mass is 31.2. The summed E-state index contributed by atoms with van der Waals surface area (Å²) < 4.78 is 23.8. The standard InChI is InChI=1S/C80H147N2O6P/c1-6-8-10-12-14-16-18-20-22-24-26-28-30-32-34-36-37-38-39-40-41-42-43-44-45-46-48-50-52-54-56-58-60-62-64-66-68-70-72-74-80(84)81-78(77-88-89(85,86)87-76-75-82(3,4)5)79(83)73-71-69-67-65-63-61-59-57-55-53-51-49-47-35-33-31-29-27-25-23-21-19-17-15-13-11-9-7-2/h8,10,14,16,20,22,26,28,32,34,37-38,63,65,71,73,78-79,83H,6-7,9,11-13,15,17-19,21,23-25,27,29-31,33,35-36,39-62,64,66-70,72,74-77H2,1-5H3,(H-,81,84,85,86)/p+1/b10-8-,16-14-,22-20-,28-26-,34-32-,38-37-,65-63+,73-71+. The molecule has 3 N–H and O–H groups in total. The average molecular weight is 1270 g/mol. The van der Waals surface area contributed by atoms with E-state index in [0.717, 1.165) is 77.0 Å². The first-order chi connectivity index (χ1) is 43.5. The Morgan fingerprint density at radius 3 is 1.03 bits per heavy atom. The Morgan fingerprint density at radius 1 is 0.393 bits per heavy atom. The van der Waals surface area contributed by atoms with Crippen molar-refractivity contribution < 1.29 is 32.9 Å². The highest BCUT2D eigenvalue weighted by Gasteiger charge is 2.28. The molecule has 9 heteroatoms. The van der Waals surface area contributed by atoms with Gasteiger partial charge in [0.2, 0.25) is 5.91 Å². The van der Waals surface area contributed by atoms with E-state index in [-0.39, 0.29) is 19.1 Å². The predicted molar refractivity (Wildman–Crippen MR) is 392 cm³/mol. The van der Waals surface area contributed by atoms with Gasteiger partial charge in [-0.3, -0.25) is 13.8 Å². The van der Waals surface area contributed by atoms with Crippen molar-refractivity contribution in [1.82, 2.24) is 5.32 Å². The van der Waals surface area contributed by atoms with Crippen molar-refractivity contribution in [1.29, 1.82) is 0 Å². The van der Waals surface area contributed by atoms with E-state index >= 15 is 0 Å². The van der Waals surface area contributed by atoms with E-state index in [1.807, 2.05) is 27.2 Å². The summed E-state index contributed by atoms with van der Waals surface area (Å²) in [5.41, 5.74) is 0. The Kier molecular flexibility index (Phi) is 67.7. The lowest BCUT2D eigenvalue weighted by atomic mass is 10.0. The summed E-state index contributed by atoms with van der Waals surface area (Å²) in [5, 5.41) is 14.0. The van der Waals surface area contributed by atoms with Gasteiger partial charge >= 0.3 is 7.82 Å². The number of rotatable bonds is 70. The molecule has 3 unspecified atom stereocenters. The number of phosphoric acid groups is 1. The Balaban J connectivity index is 4.02. The number of amides is 1. The number of aliphatic hydroxyl groups is 1. The minimum Gasteiger partial charge on any atom is -0.387 e. The van der Waals surface area contributed by atoms with Gasteiger partial charge in [-0.05, 0) is 83.5 Å². The fraction of sp³-hybridized carbons (Fsp3) is 0.787. The first kappa shape index (κ1) is 86.4. The van der Waals surface area contributed by atoms with Crippen LogP contribution in [0, 0.1) is 0 Å². The molecule has 0 aliphatic heterocycles. The number of aliphatic hydroxyl groups excluding tert-OH is 1. The van der Waals surface area contributed by atoms with Crippen molar-refractivity contribution >= 4 is 13.7 Å². The molecule has 0 aromatic heterocycles. The molecule has 1 amide bonds. The zero-order valence-corrected chi connectivity index (χ0v) is 60.3. The normalized spacial score (nSPS) is 14.1. The lowest BCUT2D eigenvalue weighted by molar-refractivity contribution is -0.870. The fourth-order valence-corrected chi connectivity index (χ4v) is 11.9. The van der Waals surface area contributed by atoms with Crippen molar-refractivity contribution in [3.05, 3.63) is 97.2 Å². The largest absolute Gasteiger partial charge is 0.472 e. The number of nitrogens with zero attached hydrogens (tertiary/aromatic N) is 1. The van der Waals surface area contributed by atoms with Crippen LogP contribution in [-0.4, -0.2) is 73.4 Å². The SMILES string of the molecule is CC/C=C\C/C=C\C/C=C\C/C=C\C/C=C\C/C=C\CCCCCCCCCCCCCCCCCCCCCCC(=O)NC(COP(=O)(O)OCC[N+](C)(C)C)C(O)/C=C/CC/C=C/CCCCCCCCCCCCCCCCCCCCCCCC. The van der Waals surface area contributed by atoms with Gasteiger partial charge in [-0.15, -0.1) is 0 Å². The quantitative estimate of drug-likeness (QED) is 0.0243. The molecule has 0 fully saturated rings. The van der Waals surface area contributed by atoms with Gasteiger partial charge in [-0.1, -0.05) is 361 Å². The summed E-state index contributed by atoms with van der Waals surface area (Å²) >= 11 is 0. The number of hydrogen-bond acceptors (Lipinski definition) is 5. The molecule has 518 valence electrons. The lowest BCUT2D eigenvalue weighted by Crippen LogP contribution is -2.45. The van der Waals surface area contributed by atoms with Crippen LogP contribution in [-0.2, 0) is 18.4 Å². The van der Waals surface area contributed by atoms with E-state index in [1.54, 1.807) is 6.08 Å². The first-order valence-corrected chi connectivity index (χ1v) is 39.6. The van der Waals surface area contributed by atoms with Crippen LogP contribution in [0.4, 0.5) is 0 Å². The van der Waals surface area contributed by atoms with Crippen molar-refractivity contribution in [2.75, 3.05) is 40.9 Å². The third kappa shape index (κ3) is 72.7. The molecule has 0 aliphatic rings. The van der Waals surface area contributed by atoms with Gasteiger partial charge < -0.3 is 19.8 Å². The van der Waals surface area contributed by atoms with Crippen LogP contribution in [0.5, 0.6) is 0 Å². The Morgan fingerprint density at radius 2 is 0.685 bits per heavy atom. The second-order valence-electron chi connectivity index (χ2n) is 27.0. The molecular formula is C80H148N2O6P+. The smallest absolute Gasteiger partial charge is 0.387 e. The molecule has 0 aromatic carbocycles. The molecule has 0 aliphatic carbocycles. The molecule has 0 aromatic rings. The van der Waals surface area contributed by atoms with E-state index in [9.17, 15) is 19.4 Å². The van der Waals surface area contributed by atoms with Gasteiger partial charge in [0.25, 0.3) is 0 Å². The molecule has 0 radical (unpaired) electrons. The number of likely N-dealkylation sites (N-methyl/N-ethyl adjacent to an activating group) is 1. The van der Waals surface area contributed by atoms with Crippen LogP contribution in [0.2, 0.25) is 0 Å². The summed E-state index contributed by atoms with van der Waals surface area (Å²) in [4.78, 5) is 23.5. The van der Waals surface area contributed by atoms with Gasteiger partial charge in [0.05, 0.1) is 39.9 Å². The molecule has 0 heterocycles. The molecular weight excluding hydrogens is 1120 g/mol. The zero-order chi connectivity index (χ0) is 64.8. The van der Waals surface area contributed by atoms with Crippen LogP contribution in [0.3, 0.4) is 0 Å². The van der Waals surface area contributed by atoms with Gasteiger partial charge in [0.1, 0.15) is 13.2 Å². The molecule has 0 bridgehead atoms. The summed E-state index contributed by atoms with van der Waals surface area (Å²) in [6, 6.07) is -0.868. The molecule has 8 nitrogen and oxygen atoms in total. The second-order valence-corrected chi connectivity index (χ2v) is 28.4. The van der Waals surface area contributed by atoms with E-state index in [2.05, 4.69) is 104 Å². The number of hydrogen-bond donors (Lipinski definition) is 3. The Labute approximate surface area is 553 Å². The van der Waals surface area contributed by atoms with Gasteiger partial charge in [0.15, 0.2) is 0 Å². The van der Waals surface area contributed by atoms with Crippen molar-refractivity contribution in [2.45, 2.75) is 366 Å². The third-order valence-electron chi connectivity index (χ3n) is 17.0. The number of carbonyl (C=O) groups excluding carboxylic acids is 1. The average Bonchev–Trinajstić information content (AvgIpc) is 3.55. The van der Waals surface area contributed by atoms with E-state index in [4.69, 9.17) is 9.05 Å². The van der Waals surface area contributed by atoms with Gasteiger partial charge in [0, 0.05) is 6.42 Å². The van der Waals surface area contributed by atoms with Crippen molar-refractivity contribution in [2.24, 2.45) is 0 Å².